The predicted octanol–water partition coefficient (Wildman–Crippen LogP) is 4.82. The van der Waals surface area contributed by atoms with Crippen LogP contribution in [0.25, 0.3) is 22.2 Å². The lowest BCUT2D eigenvalue weighted by Crippen LogP contribution is -2.48. The quantitative estimate of drug-likeness (QED) is 0.285. The van der Waals surface area contributed by atoms with Gasteiger partial charge in [-0.25, -0.2) is 9.97 Å². The van der Waals surface area contributed by atoms with Crippen molar-refractivity contribution >= 4 is 57.3 Å². The van der Waals surface area contributed by atoms with Crippen molar-refractivity contribution < 1.29 is 14.3 Å². The van der Waals surface area contributed by atoms with E-state index in [-0.39, 0.29) is 11.8 Å². The zero-order valence-corrected chi connectivity index (χ0v) is 22.4. The third-order valence-corrected chi connectivity index (χ3v) is 6.93. The molecule has 2 aromatic heterocycles. The molecule has 1 saturated heterocycles. The van der Waals surface area contributed by atoms with E-state index in [1.165, 1.54) is 6.08 Å². The number of hydrogen-bond acceptors (Lipinski definition) is 7. The fraction of sp³-hybridized carbons (Fsp3) is 0.214. The third kappa shape index (κ3) is 5.51. The fourth-order valence-corrected chi connectivity index (χ4v) is 4.79. The number of piperazine rings is 1. The highest BCUT2D eigenvalue weighted by atomic mass is 35.5. The Kier molecular flexibility index (Phi) is 7.38. The van der Waals surface area contributed by atoms with Crippen LogP contribution in [0, 0.1) is 0 Å². The normalized spacial score (nSPS) is 13.3. The van der Waals surface area contributed by atoms with E-state index in [0.29, 0.717) is 46.9 Å². The van der Waals surface area contributed by atoms with Crippen LogP contribution >= 0.6 is 11.6 Å². The highest BCUT2D eigenvalue weighted by Crippen LogP contribution is 2.36. The second-order valence-electron chi connectivity index (χ2n) is 9.05. The van der Waals surface area contributed by atoms with Gasteiger partial charge in [-0.05, 0) is 36.4 Å². The summed E-state index contributed by atoms with van der Waals surface area (Å²) < 4.78 is 5.46. The minimum Gasteiger partial charge on any atom is -0.495 e. The number of carbonyl (C=O) groups is 2. The number of fused-ring (bicyclic) bond motifs is 1. The molecule has 1 aliphatic heterocycles. The van der Waals surface area contributed by atoms with Crippen molar-refractivity contribution in [2.45, 2.75) is 6.92 Å². The number of anilines is 4. The predicted molar refractivity (Wildman–Crippen MR) is 154 cm³/mol. The Labute approximate surface area is 230 Å². The second kappa shape index (κ2) is 11.0. The summed E-state index contributed by atoms with van der Waals surface area (Å²) in [7, 11) is 1.56. The number of benzene rings is 2. The molecule has 3 N–H and O–H groups in total. The van der Waals surface area contributed by atoms with Crippen molar-refractivity contribution in [2.75, 3.05) is 48.8 Å². The van der Waals surface area contributed by atoms with Crippen molar-refractivity contribution in [1.29, 1.82) is 0 Å². The number of amides is 2. The SMILES string of the molecule is C=CC(=O)Nc1ccc(OC)c(Nc2ncc(Cl)c(-c3c[nH]c4cc(N5CCN(C(C)=O)CC5)ccc34)n2)c1. The highest BCUT2D eigenvalue weighted by Gasteiger charge is 2.20. The minimum absolute atomic E-state index is 0.111. The molecule has 2 amide bonds. The smallest absolute Gasteiger partial charge is 0.247 e. The molecule has 1 fully saturated rings. The van der Waals surface area contributed by atoms with Crippen LogP contribution in [0.1, 0.15) is 6.92 Å². The number of hydrogen-bond donors (Lipinski definition) is 3. The highest BCUT2D eigenvalue weighted by molar-refractivity contribution is 6.33. The number of halogens is 1. The Bertz CT molecular complexity index is 1560. The van der Waals surface area contributed by atoms with Crippen molar-refractivity contribution in [1.82, 2.24) is 19.9 Å². The minimum atomic E-state index is -0.322. The number of carbonyl (C=O) groups excluding carboxylic acids is 2. The monoisotopic (exact) mass is 545 g/mol. The van der Waals surface area contributed by atoms with Gasteiger partial charge in [0.2, 0.25) is 17.8 Å². The van der Waals surface area contributed by atoms with Gasteiger partial charge in [0.1, 0.15) is 5.75 Å². The van der Waals surface area contributed by atoms with Gasteiger partial charge in [-0.3, -0.25) is 9.59 Å². The molecular weight excluding hydrogens is 518 g/mol. The number of methoxy groups -OCH3 is 1. The number of ether oxygens (including phenoxy) is 1. The first-order chi connectivity index (χ1) is 18.9. The summed E-state index contributed by atoms with van der Waals surface area (Å²) in [5.74, 6) is 0.655. The number of nitrogens with zero attached hydrogens (tertiary/aromatic N) is 4. The molecule has 5 rings (SSSR count). The molecule has 2 aromatic carbocycles. The van der Waals surface area contributed by atoms with Gasteiger partial charge in [-0.1, -0.05) is 24.2 Å². The van der Waals surface area contributed by atoms with Crippen LogP contribution in [0.4, 0.5) is 23.0 Å². The van der Waals surface area contributed by atoms with E-state index in [0.717, 1.165) is 35.2 Å². The summed E-state index contributed by atoms with van der Waals surface area (Å²) in [6, 6.07) is 11.4. The molecule has 3 heterocycles. The molecule has 200 valence electrons. The van der Waals surface area contributed by atoms with Crippen molar-refractivity contribution in [3.8, 4) is 17.0 Å². The summed E-state index contributed by atoms with van der Waals surface area (Å²) in [6.07, 6.45) is 4.63. The number of H-pyrrole nitrogens is 1. The van der Waals surface area contributed by atoms with Gasteiger partial charge in [-0.2, -0.15) is 0 Å². The third-order valence-electron chi connectivity index (χ3n) is 6.65. The van der Waals surface area contributed by atoms with E-state index in [2.05, 4.69) is 44.2 Å². The number of aromatic nitrogens is 3. The molecular formula is C28H28ClN7O3. The maximum atomic E-state index is 11.7. The first-order valence-electron chi connectivity index (χ1n) is 12.4. The van der Waals surface area contributed by atoms with Crippen LogP contribution in [0.5, 0.6) is 5.75 Å². The molecule has 1 aliphatic rings. The van der Waals surface area contributed by atoms with Crippen LogP contribution in [0.15, 0.2) is 61.4 Å². The maximum absolute atomic E-state index is 11.7. The van der Waals surface area contributed by atoms with Crippen LogP contribution < -0.4 is 20.3 Å². The maximum Gasteiger partial charge on any atom is 0.247 e. The largest absolute Gasteiger partial charge is 0.495 e. The number of aromatic amines is 1. The first kappa shape index (κ1) is 26.1. The van der Waals surface area contributed by atoms with Gasteiger partial charge in [0.25, 0.3) is 0 Å². The number of rotatable bonds is 7. The molecule has 0 aliphatic carbocycles. The van der Waals surface area contributed by atoms with E-state index >= 15 is 0 Å². The fourth-order valence-electron chi connectivity index (χ4n) is 4.60. The molecule has 0 radical (unpaired) electrons. The standard InChI is InChI=1S/C28H28ClN7O3/c1-4-26(38)32-18-5-8-25(39-3)24(13-18)33-28-31-16-22(29)27(34-28)21-15-30-23-14-19(6-7-20(21)23)36-11-9-35(10-12-36)17(2)37/h4-8,13-16,30H,1,9-12H2,2-3H3,(H,32,38)(H,31,33,34). The Balaban J connectivity index is 1.41. The lowest BCUT2D eigenvalue weighted by Gasteiger charge is -2.35. The molecule has 4 aromatic rings. The topological polar surface area (TPSA) is 115 Å². The van der Waals surface area contributed by atoms with E-state index in [9.17, 15) is 9.59 Å². The van der Waals surface area contributed by atoms with Crippen LogP contribution in [-0.4, -0.2) is 65.0 Å². The molecule has 0 bridgehead atoms. The summed E-state index contributed by atoms with van der Waals surface area (Å²) in [5.41, 5.74) is 4.58. The van der Waals surface area contributed by atoms with Crippen molar-refractivity contribution in [3.05, 3.63) is 66.5 Å². The summed E-state index contributed by atoms with van der Waals surface area (Å²) in [5, 5.41) is 7.28. The van der Waals surface area contributed by atoms with Gasteiger partial charge in [0.15, 0.2) is 0 Å². The summed E-state index contributed by atoms with van der Waals surface area (Å²) >= 11 is 6.55. The zero-order valence-electron chi connectivity index (χ0n) is 21.6. The second-order valence-corrected chi connectivity index (χ2v) is 9.46. The number of nitrogens with one attached hydrogen (secondary N) is 3. The van der Waals surface area contributed by atoms with Crippen molar-refractivity contribution in [3.63, 3.8) is 0 Å². The lowest BCUT2D eigenvalue weighted by molar-refractivity contribution is -0.129. The summed E-state index contributed by atoms with van der Waals surface area (Å²) in [4.78, 5) is 39.9. The van der Waals surface area contributed by atoms with E-state index < -0.39 is 0 Å². The zero-order chi connectivity index (χ0) is 27.5. The van der Waals surface area contributed by atoms with Gasteiger partial charge in [-0.15, -0.1) is 0 Å². The average molecular weight is 546 g/mol. The Morgan fingerprint density at radius 1 is 1.15 bits per heavy atom. The van der Waals surface area contributed by atoms with Crippen LogP contribution in [0.3, 0.4) is 0 Å². The first-order valence-corrected chi connectivity index (χ1v) is 12.8. The molecule has 10 nitrogen and oxygen atoms in total. The van der Waals surface area contributed by atoms with Crippen LogP contribution in [-0.2, 0) is 9.59 Å². The van der Waals surface area contributed by atoms with Crippen LogP contribution in [0.2, 0.25) is 5.02 Å². The van der Waals surface area contributed by atoms with Gasteiger partial charge in [0, 0.05) is 67.1 Å². The van der Waals surface area contributed by atoms with E-state index in [1.54, 1.807) is 38.4 Å². The molecule has 0 saturated carbocycles. The van der Waals surface area contributed by atoms with E-state index in [4.69, 9.17) is 21.3 Å². The van der Waals surface area contributed by atoms with Crippen molar-refractivity contribution in [2.24, 2.45) is 0 Å². The molecule has 39 heavy (non-hydrogen) atoms. The molecule has 0 unspecified atom stereocenters. The Morgan fingerprint density at radius 3 is 2.67 bits per heavy atom. The van der Waals surface area contributed by atoms with Gasteiger partial charge >= 0.3 is 0 Å². The molecule has 0 atom stereocenters. The molecule has 11 heteroatoms. The Hall–Kier alpha value is -4.57. The molecule has 0 spiro atoms. The van der Waals surface area contributed by atoms with Gasteiger partial charge < -0.3 is 30.2 Å². The lowest BCUT2D eigenvalue weighted by atomic mass is 10.1. The van der Waals surface area contributed by atoms with Gasteiger partial charge in [0.05, 0.1) is 29.7 Å². The summed E-state index contributed by atoms with van der Waals surface area (Å²) in [6.45, 7) is 8.08. The Morgan fingerprint density at radius 2 is 1.95 bits per heavy atom. The average Bonchev–Trinajstić information content (AvgIpc) is 3.37. The van der Waals surface area contributed by atoms with E-state index in [1.807, 2.05) is 17.2 Å².